The Hall–Kier alpha value is -2.27. The smallest absolute Gasteiger partial charge is 0.314 e. The van der Waals surface area contributed by atoms with E-state index < -0.39 is 5.60 Å². The fourth-order valence-corrected chi connectivity index (χ4v) is 3.27. The number of aryl methyl sites for hydroxylation is 1. The standard InChI is InChI=1S/C19H24N2O3/c1-19(23,17-10-5-11-24-17)13-21-18(22)20-12-15-8-4-7-14-6-2-3-9-16(14)15/h2-3,5-6,9-11,15,23H,4,7-8,12-13H2,1H3,(H2,20,21,22). The molecule has 0 saturated heterocycles. The molecule has 24 heavy (non-hydrogen) atoms. The molecule has 2 atom stereocenters. The molecule has 5 heteroatoms. The molecule has 0 bridgehead atoms. The van der Waals surface area contributed by atoms with E-state index in [1.165, 1.54) is 17.4 Å². The van der Waals surface area contributed by atoms with Gasteiger partial charge in [-0.2, -0.15) is 0 Å². The highest BCUT2D eigenvalue weighted by molar-refractivity contribution is 5.74. The Labute approximate surface area is 142 Å². The third-order valence-electron chi connectivity index (χ3n) is 4.65. The average molecular weight is 328 g/mol. The van der Waals surface area contributed by atoms with Crippen molar-refractivity contribution in [3.63, 3.8) is 0 Å². The maximum Gasteiger partial charge on any atom is 0.314 e. The molecule has 128 valence electrons. The lowest BCUT2D eigenvalue weighted by Gasteiger charge is -2.26. The minimum atomic E-state index is -1.22. The number of nitrogens with one attached hydrogen (secondary N) is 2. The molecule has 3 N–H and O–H groups in total. The molecule has 2 aromatic rings. The fraction of sp³-hybridized carbons (Fsp3) is 0.421. The van der Waals surface area contributed by atoms with Gasteiger partial charge >= 0.3 is 6.03 Å². The van der Waals surface area contributed by atoms with Crippen LogP contribution in [-0.2, 0) is 12.0 Å². The molecule has 0 spiro atoms. The number of rotatable bonds is 5. The molecule has 1 heterocycles. The summed E-state index contributed by atoms with van der Waals surface area (Å²) in [6.07, 6.45) is 4.86. The quantitative estimate of drug-likeness (QED) is 0.790. The van der Waals surface area contributed by atoms with Crippen LogP contribution in [0, 0.1) is 0 Å². The van der Waals surface area contributed by atoms with Crippen molar-refractivity contribution in [1.29, 1.82) is 0 Å². The Kier molecular flexibility index (Phi) is 4.90. The lowest BCUT2D eigenvalue weighted by atomic mass is 9.83. The summed E-state index contributed by atoms with van der Waals surface area (Å²) in [7, 11) is 0. The van der Waals surface area contributed by atoms with Gasteiger partial charge < -0.3 is 20.2 Å². The number of aliphatic hydroxyl groups is 1. The second kappa shape index (κ2) is 7.09. The summed E-state index contributed by atoms with van der Waals surface area (Å²) in [5.74, 6) is 0.787. The molecule has 1 aliphatic rings. The predicted molar refractivity (Wildman–Crippen MR) is 91.8 cm³/mol. The van der Waals surface area contributed by atoms with E-state index in [1.807, 2.05) is 0 Å². The first kappa shape index (κ1) is 16.6. The number of hydrogen-bond donors (Lipinski definition) is 3. The van der Waals surface area contributed by atoms with Gasteiger partial charge in [0.1, 0.15) is 11.4 Å². The van der Waals surface area contributed by atoms with Crippen LogP contribution in [0.25, 0.3) is 0 Å². The second-order valence-corrected chi connectivity index (χ2v) is 6.60. The van der Waals surface area contributed by atoms with Gasteiger partial charge in [-0.25, -0.2) is 4.79 Å². The molecule has 1 aromatic heterocycles. The van der Waals surface area contributed by atoms with Crippen LogP contribution >= 0.6 is 0 Å². The van der Waals surface area contributed by atoms with Crippen molar-refractivity contribution in [3.8, 4) is 0 Å². The van der Waals surface area contributed by atoms with Crippen LogP contribution in [0.1, 0.15) is 42.6 Å². The molecule has 0 fully saturated rings. The van der Waals surface area contributed by atoms with Crippen molar-refractivity contribution < 1.29 is 14.3 Å². The van der Waals surface area contributed by atoms with Crippen molar-refractivity contribution in [1.82, 2.24) is 10.6 Å². The summed E-state index contributed by atoms with van der Waals surface area (Å²) < 4.78 is 5.20. The first-order chi connectivity index (χ1) is 11.6. The van der Waals surface area contributed by atoms with E-state index in [9.17, 15) is 9.90 Å². The largest absolute Gasteiger partial charge is 0.466 e. The monoisotopic (exact) mass is 328 g/mol. The summed E-state index contributed by atoms with van der Waals surface area (Å²) in [6, 6.07) is 11.6. The summed E-state index contributed by atoms with van der Waals surface area (Å²) in [6.45, 7) is 2.31. The van der Waals surface area contributed by atoms with Crippen LogP contribution in [0.5, 0.6) is 0 Å². The zero-order valence-electron chi connectivity index (χ0n) is 13.9. The molecule has 0 radical (unpaired) electrons. The van der Waals surface area contributed by atoms with Gasteiger partial charge in [-0.1, -0.05) is 24.3 Å². The fourth-order valence-electron chi connectivity index (χ4n) is 3.27. The highest BCUT2D eigenvalue weighted by Gasteiger charge is 2.27. The normalized spacial score (nSPS) is 19.2. The molecule has 5 nitrogen and oxygen atoms in total. The van der Waals surface area contributed by atoms with Gasteiger partial charge in [-0.15, -0.1) is 0 Å². The maximum absolute atomic E-state index is 12.1. The Bertz CT molecular complexity index is 680. The van der Waals surface area contributed by atoms with Crippen LogP contribution in [0.3, 0.4) is 0 Å². The lowest BCUT2D eigenvalue weighted by Crippen LogP contribution is -2.44. The highest BCUT2D eigenvalue weighted by Crippen LogP contribution is 2.30. The minimum absolute atomic E-state index is 0.0909. The SMILES string of the molecule is CC(O)(CNC(=O)NCC1CCCc2ccccc21)c1ccco1. The van der Waals surface area contributed by atoms with Crippen LogP contribution in [0.15, 0.2) is 47.1 Å². The number of urea groups is 1. The summed E-state index contributed by atoms with van der Waals surface area (Å²) in [4.78, 5) is 12.1. The number of fused-ring (bicyclic) bond motifs is 1. The molecule has 3 rings (SSSR count). The van der Waals surface area contributed by atoms with E-state index in [-0.39, 0.29) is 12.6 Å². The zero-order chi connectivity index (χ0) is 17.0. The van der Waals surface area contributed by atoms with Gasteiger partial charge in [-0.3, -0.25) is 0 Å². The third-order valence-corrected chi connectivity index (χ3v) is 4.65. The van der Waals surface area contributed by atoms with Gasteiger partial charge in [-0.05, 0) is 49.4 Å². The van der Waals surface area contributed by atoms with Crippen molar-refractivity contribution in [2.24, 2.45) is 0 Å². The van der Waals surface area contributed by atoms with Crippen LogP contribution < -0.4 is 10.6 Å². The van der Waals surface area contributed by atoms with E-state index in [0.717, 1.165) is 19.3 Å². The summed E-state index contributed by atoms with van der Waals surface area (Å²) >= 11 is 0. The Morgan fingerprint density at radius 2 is 2.12 bits per heavy atom. The van der Waals surface area contributed by atoms with Crippen molar-refractivity contribution in [3.05, 3.63) is 59.5 Å². The van der Waals surface area contributed by atoms with E-state index in [2.05, 4.69) is 34.9 Å². The molecule has 2 amide bonds. The number of hydrogen-bond acceptors (Lipinski definition) is 3. The number of carbonyl (C=O) groups excluding carboxylic acids is 1. The molecular formula is C19H24N2O3. The Morgan fingerprint density at radius 1 is 1.29 bits per heavy atom. The second-order valence-electron chi connectivity index (χ2n) is 6.60. The molecule has 1 aromatic carbocycles. The van der Waals surface area contributed by atoms with Gasteiger partial charge in [0.15, 0.2) is 0 Å². The van der Waals surface area contributed by atoms with Crippen LogP contribution in [-0.4, -0.2) is 24.2 Å². The predicted octanol–water partition coefficient (Wildman–Crippen LogP) is 2.91. The minimum Gasteiger partial charge on any atom is -0.466 e. The Balaban J connectivity index is 1.50. The highest BCUT2D eigenvalue weighted by atomic mass is 16.4. The average Bonchev–Trinajstić information content (AvgIpc) is 3.14. The van der Waals surface area contributed by atoms with Crippen LogP contribution in [0.4, 0.5) is 4.79 Å². The molecule has 0 saturated carbocycles. The number of amides is 2. The van der Waals surface area contributed by atoms with Crippen molar-refractivity contribution >= 4 is 6.03 Å². The summed E-state index contributed by atoms with van der Waals surface area (Å²) in [5, 5.41) is 16.0. The topological polar surface area (TPSA) is 74.5 Å². The van der Waals surface area contributed by atoms with E-state index in [1.54, 1.807) is 19.1 Å². The number of benzene rings is 1. The summed E-state index contributed by atoms with van der Waals surface area (Å²) in [5.41, 5.74) is 1.50. The third kappa shape index (κ3) is 3.79. The van der Waals surface area contributed by atoms with Gasteiger partial charge in [0.05, 0.1) is 12.8 Å². The van der Waals surface area contributed by atoms with E-state index in [4.69, 9.17) is 4.42 Å². The first-order valence-corrected chi connectivity index (χ1v) is 8.42. The van der Waals surface area contributed by atoms with Gasteiger partial charge in [0, 0.05) is 12.5 Å². The van der Waals surface area contributed by atoms with Crippen molar-refractivity contribution in [2.45, 2.75) is 37.7 Å². The zero-order valence-corrected chi connectivity index (χ0v) is 13.9. The maximum atomic E-state index is 12.1. The molecule has 0 aliphatic heterocycles. The Morgan fingerprint density at radius 3 is 2.92 bits per heavy atom. The van der Waals surface area contributed by atoms with Crippen molar-refractivity contribution in [2.75, 3.05) is 13.1 Å². The van der Waals surface area contributed by atoms with E-state index in [0.29, 0.717) is 18.2 Å². The van der Waals surface area contributed by atoms with E-state index >= 15 is 0 Å². The number of furan rings is 1. The number of carbonyl (C=O) groups is 1. The molecular weight excluding hydrogens is 304 g/mol. The van der Waals surface area contributed by atoms with Gasteiger partial charge in [0.2, 0.25) is 0 Å². The first-order valence-electron chi connectivity index (χ1n) is 8.42. The lowest BCUT2D eigenvalue weighted by molar-refractivity contribution is 0.0367. The van der Waals surface area contributed by atoms with Gasteiger partial charge in [0.25, 0.3) is 0 Å². The molecule has 2 unspecified atom stereocenters. The molecule has 1 aliphatic carbocycles. The van der Waals surface area contributed by atoms with Crippen LogP contribution in [0.2, 0.25) is 0 Å².